The molecule has 4 heteroatoms. The molecule has 1 atom stereocenters. The first kappa shape index (κ1) is 23.9. The number of fused-ring (bicyclic) bond motifs is 13. The van der Waals surface area contributed by atoms with E-state index < -0.39 is 5.41 Å². The molecular formula is C40H26N4. The summed E-state index contributed by atoms with van der Waals surface area (Å²) in [5.74, 6) is 1.80. The smallest absolute Gasteiger partial charge is 0.158 e. The van der Waals surface area contributed by atoms with Crippen molar-refractivity contribution in [1.29, 1.82) is 0 Å². The van der Waals surface area contributed by atoms with Gasteiger partial charge in [0, 0.05) is 16.7 Å². The van der Waals surface area contributed by atoms with Crippen LogP contribution >= 0.6 is 0 Å². The molecule has 206 valence electrons. The molecule has 0 radical (unpaired) electrons. The van der Waals surface area contributed by atoms with Gasteiger partial charge in [0.1, 0.15) is 11.2 Å². The van der Waals surface area contributed by atoms with Gasteiger partial charge in [0.15, 0.2) is 5.84 Å². The molecule has 0 N–H and O–H groups in total. The summed E-state index contributed by atoms with van der Waals surface area (Å²) in [5.41, 5.74) is 13.4. The molecule has 0 saturated carbocycles. The van der Waals surface area contributed by atoms with E-state index in [0.717, 1.165) is 51.6 Å². The van der Waals surface area contributed by atoms with Crippen LogP contribution < -0.4 is 0 Å². The van der Waals surface area contributed by atoms with Gasteiger partial charge in [-0.15, -0.1) is 0 Å². The highest BCUT2D eigenvalue weighted by Crippen LogP contribution is 2.60. The lowest BCUT2D eigenvalue weighted by Crippen LogP contribution is -2.27. The Hall–Kier alpha value is -5.61. The van der Waals surface area contributed by atoms with Crippen LogP contribution in [0.4, 0.5) is 0 Å². The quantitative estimate of drug-likeness (QED) is 0.209. The van der Waals surface area contributed by atoms with E-state index in [1.807, 2.05) is 0 Å². The topological polar surface area (TPSA) is 42.5 Å². The fourth-order valence-electron chi connectivity index (χ4n) is 7.95. The molecule has 10 rings (SSSR count). The highest BCUT2D eigenvalue weighted by molar-refractivity contribution is 6.24. The van der Waals surface area contributed by atoms with Crippen LogP contribution in [-0.4, -0.2) is 27.1 Å². The average molecular weight is 563 g/mol. The number of aliphatic imine (C=N–C) groups is 2. The predicted octanol–water partition coefficient (Wildman–Crippen LogP) is 8.21. The summed E-state index contributed by atoms with van der Waals surface area (Å²) < 4.78 is 2.39. The van der Waals surface area contributed by atoms with Crippen molar-refractivity contribution in [2.75, 3.05) is 0 Å². The van der Waals surface area contributed by atoms with Gasteiger partial charge in [0.2, 0.25) is 0 Å². The molecule has 3 heterocycles. The summed E-state index contributed by atoms with van der Waals surface area (Å²) in [6.45, 7) is 0. The largest absolute Gasteiger partial charge is 0.294 e. The molecule has 5 aromatic carbocycles. The monoisotopic (exact) mass is 562 g/mol. The number of hydrogen-bond donors (Lipinski definition) is 0. The van der Waals surface area contributed by atoms with Gasteiger partial charge in [0.25, 0.3) is 0 Å². The first-order valence-electron chi connectivity index (χ1n) is 15.2. The molecule has 1 spiro atoms. The molecule has 0 saturated heterocycles. The molecule has 6 aromatic rings. The number of rotatable bonds is 2. The van der Waals surface area contributed by atoms with Crippen molar-refractivity contribution in [3.05, 3.63) is 179 Å². The number of imidazole rings is 1. The van der Waals surface area contributed by atoms with Crippen LogP contribution in [0.2, 0.25) is 0 Å². The van der Waals surface area contributed by atoms with Crippen molar-refractivity contribution < 1.29 is 0 Å². The lowest BCUT2D eigenvalue weighted by molar-refractivity contribution is 0.738. The van der Waals surface area contributed by atoms with E-state index in [2.05, 4.69) is 144 Å². The van der Waals surface area contributed by atoms with E-state index in [0.29, 0.717) is 0 Å². The highest BCUT2D eigenvalue weighted by atomic mass is 15.1. The second-order valence-corrected chi connectivity index (χ2v) is 11.9. The summed E-state index contributed by atoms with van der Waals surface area (Å²) in [7, 11) is 0. The fraction of sp³-hybridized carbons (Fsp3) is 0.0750. The summed E-state index contributed by atoms with van der Waals surface area (Å²) in [6.07, 6.45) is 7.37. The van der Waals surface area contributed by atoms with Gasteiger partial charge < -0.3 is 0 Å². The molecule has 4 aliphatic rings. The van der Waals surface area contributed by atoms with Gasteiger partial charge in [-0.05, 0) is 52.4 Å². The van der Waals surface area contributed by atoms with Crippen molar-refractivity contribution in [3.63, 3.8) is 0 Å². The minimum absolute atomic E-state index is 0.0335. The Morgan fingerprint density at radius 1 is 0.659 bits per heavy atom. The lowest BCUT2D eigenvalue weighted by atomic mass is 9.73. The highest BCUT2D eigenvalue weighted by Gasteiger charge is 2.54. The van der Waals surface area contributed by atoms with Crippen LogP contribution in [0, 0.1) is 0 Å². The molecule has 4 nitrogen and oxygen atoms in total. The van der Waals surface area contributed by atoms with Crippen LogP contribution in [0.15, 0.2) is 155 Å². The summed E-state index contributed by atoms with van der Waals surface area (Å²) in [6, 6.07) is 43.4. The lowest BCUT2D eigenvalue weighted by Gasteiger charge is -2.27. The summed E-state index contributed by atoms with van der Waals surface area (Å²) in [4.78, 5) is 16.1. The van der Waals surface area contributed by atoms with Crippen molar-refractivity contribution in [2.24, 2.45) is 9.98 Å². The molecule has 1 unspecified atom stereocenters. The number of amidine groups is 1. The van der Waals surface area contributed by atoms with E-state index in [-0.39, 0.29) is 6.04 Å². The molecule has 44 heavy (non-hydrogen) atoms. The third-order valence-corrected chi connectivity index (χ3v) is 9.70. The Morgan fingerprint density at radius 2 is 1.34 bits per heavy atom. The minimum Gasteiger partial charge on any atom is -0.294 e. The van der Waals surface area contributed by atoms with Crippen LogP contribution in [0.5, 0.6) is 0 Å². The normalized spacial score (nSPS) is 18.2. The molecule has 0 fully saturated rings. The van der Waals surface area contributed by atoms with E-state index >= 15 is 0 Å². The van der Waals surface area contributed by atoms with Gasteiger partial charge in [-0.25, -0.2) is 9.98 Å². The molecule has 2 aliphatic heterocycles. The van der Waals surface area contributed by atoms with E-state index in [4.69, 9.17) is 15.0 Å². The zero-order valence-corrected chi connectivity index (χ0v) is 23.9. The van der Waals surface area contributed by atoms with Gasteiger partial charge in [-0.2, -0.15) is 0 Å². The Kier molecular flexibility index (Phi) is 4.73. The fourth-order valence-corrected chi connectivity index (χ4v) is 7.95. The number of allylic oxidation sites excluding steroid dienone is 2. The SMILES string of the molecule is C1=CCC2N=C(c3cccc4nc5n(c34)-c3ccccc3C53c4ccccc4-c4ccccc43)N=C(c3ccccc3)C2=C1. The molecule has 0 bridgehead atoms. The zero-order valence-electron chi connectivity index (χ0n) is 23.9. The van der Waals surface area contributed by atoms with Crippen molar-refractivity contribution in [2.45, 2.75) is 17.9 Å². The van der Waals surface area contributed by atoms with Crippen LogP contribution in [-0.2, 0) is 5.41 Å². The van der Waals surface area contributed by atoms with Crippen molar-refractivity contribution in [1.82, 2.24) is 9.55 Å². The Balaban J connectivity index is 1.28. The van der Waals surface area contributed by atoms with E-state index in [1.165, 1.54) is 33.4 Å². The number of benzene rings is 5. The van der Waals surface area contributed by atoms with Crippen LogP contribution in [0.1, 0.15) is 40.1 Å². The van der Waals surface area contributed by atoms with Gasteiger partial charge in [0.05, 0.1) is 28.5 Å². The average Bonchev–Trinajstić information content (AvgIpc) is 3.72. The third kappa shape index (κ3) is 2.95. The molecule has 1 aromatic heterocycles. The third-order valence-electron chi connectivity index (χ3n) is 9.70. The molecular weight excluding hydrogens is 536 g/mol. The Morgan fingerprint density at radius 3 is 2.14 bits per heavy atom. The predicted molar refractivity (Wildman–Crippen MR) is 177 cm³/mol. The number of hydrogen-bond acceptors (Lipinski definition) is 3. The second kappa shape index (κ2) is 8.71. The second-order valence-electron chi connectivity index (χ2n) is 11.9. The first-order valence-corrected chi connectivity index (χ1v) is 15.2. The van der Waals surface area contributed by atoms with Crippen LogP contribution in [0.25, 0.3) is 27.8 Å². The first-order chi connectivity index (χ1) is 21.8. The van der Waals surface area contributed by atoms with Gasteiger partial charge in [-0.3, -0.25) is 9.56 Å². The summed E-state index contributed by atoms with van der Waals surface area (Å²) in [5, 5.41) is 0. The maximum absolute atomic E-state index is 5.49. The number of aromatic nitrogens is 2. The van der Waals surface area contributed by atoms with E-state index in [9.17, 15) is 0 Å². The Bertz CT molecular complexity index is 2270. The maximum atomic E-state index is 5.49. The van der Waals surface area contributed by atoms with Gasteiger partial charge >= 0.3 is 0 Å². The van der Waals surface area contributed by atoms with Crippen molar-refractivity contribution in [3.8, 4) is 16.8 Å². The summed E-state index contributed by atoms with van der Waals surface area (Å²) >= 11 is 0. The molecule has 0 amide bonds. The Labute approximate surface area is 255 Å². The van der Waals surface area contributed by atoms with Crippen LogP contribution in [0.3, 0.4) is 0 Å². The zero-order chi connectivity index (χ0) is 28.8. The standard InChI is InChI=1S/C40H26N4/c1-2-13-25(14-3-1)36-28-17-6-10-22-33(28)41-38(43-36)29-18-12-23-34-37(29)44-35-24-11-9-21-32(35)40(39(44)42-34)30-19-7-4-15-26(30)27-16-5-8-20-31(27)40/h1-21,23-24,33H,22H2. The van der Waals surface area contributed by atoms with Gasteiger partial charge in [-0.1, -0.05) is 121 Å². The van der Waals surface area contributed by atoms with Crippen molar-refractivity contribution >= 4 is 22.6 Å². The minimum atomic E-state index is -0.503. The van der Waals surface area contributed by atoms with E-state index in [1.54, 1.807) is 0 Å². The molecule has 2 aliphatic carbocycles. The number of para-hydroxylation sites is 2. The number of nitrogens with zero attached hydrogens (tertiary/aromatic N) is 4. The maximum Gasteiger partial charge on any atom is 0.158 e.